The lowest BCUT2D eigenvalue weighted by atomic mass is 10.1. The van der Waals surface area contributed by atoms with E-state index in [4.69, 9.17) is 4.74 Å². The lowest BCUT2D eigenvalue weighted by Gasteiger charge is -2.35. The number of hydrogen-bond donors (Lipinski definition) is 1. The van der Waals surface area contributed by atoms with Crippen molar-refractivity contribution in [2.45, 2.75) is 13.3 Å². The Hall–Kier alpha value is -3.02. The predicted octanol–water partition coefficient (Wildman–Crippen LogP) is 2.45. The van der Waals surface area contributed by atoms with Crippen molar-refractivity contribution in [2.75, 3.05) is 32.8 Å². The van der Waals surface area contributed by atoms with Crippen molar-refractivity contribution in [1.29, 1.82) is 0 Å². The fourth-order valence-electron chi connectivity index (χ4n) is 3.13. The van der Waals surface area contributed by atoms with Crippen molar-refractivity contribution < 1.29 is 19.4 Å². The van der Waals surface area contributed by atoms with Crippen molar-refractivity contribution in [1.82, 2.24) is 9.80 Å². The van der Waals surface area contributed by atoms with Gasteiger partial charge in [-0.15, -0.1) is 0 Å². The van der Waals surface area contributed by atoms with Crippen LogP contribution >= 0.6 is 0 Å². The van der Waals surface area contributed by atoms with E-state index in [9.17, 15) is 14.7 Å². The van der Waals surface area contributed by atoms with E-state index < -0.39 is 0 Å². The molecule has 2 aromatic rings. The Balaban J connectivity index is 1.45. The third kappa shape index (κ3) is 4.78. The van der Waals surface area contributed by atoms with Gasteiger partial charge in [0.15, 0.2) is 0 Å². The maximum Gasteiger partial charge on any atom is 0.254 e. The van der Waals surface area contributed by atoms with Gasteiger partial charge in [0.2, 0.25) is 5.91 Å². The standard InChI is InChI=1S/C21H24N2O4/c1-16-5-2-3-8-19(16)21(26)23-12-10-22(11-13-23)20(25)9-14-27-18-7-4-6-17(24)15-18/h2-8,15,24H,9-14H2,1H3. The average molecular weight is 368 g/mol. The first kappa shape index (κ1) is 18.8. The Labute approximate surface area is 159 Å². The first-order chi connectivity index (χ1) is 13.0. The number of nitrogens with zero attached hydrogens (tertiary/aromatic N) is 2. The van der Waals surface area contributed by atoms with Gasteiger partial charge in [-0.25, -0.2) is 0 Å². The molecule has 1 aliphatic rings. The van der Waals surface area contributed by atoms with Crippen molar-refractivity contribution in [3.8, 4) is 11.5 Å². The van der Waals surface area contributed by atoms with Crippen LogP contribution in [0.1, 0.15) is 22.3 Å². The molecule has 1 N–H and O–H groups in total. The van der Waals surface area contributed by atoms with Crippen molar-refractivity contribution in [3.63, 3.8) is 0 Å². The van der Waals surface area contributed by atoms with Crippen LogP contribution in [0.2, 0.25) is 0 Å². The molecule has 1 aliphatic heterocycles. The van der Waals surface area contributed by atoms with Crippen LogP contribution in [0, 0.1) is 6.92 Å². The molecule has 2 aromatic carbocycles. The Morgan fingerprint density at radius 1 is 1.00 bits per heavy atom. The fourth-order valence-corrected chi connectivity index (χ4v) is 3.13. The number of aryl methyl sites for hydroxylation is 1. The number of phenols is 1. The molecule has 1 saturated heterocycles. The number of ether oxygens (including phenoxy) is 1. The minimum Gasteiger partial charge on any atom is -0.508 e. The number of piperazine rings is 1. The quantitative estimate of drug-likeness (QED) is 0.880. The van der Waals surface area contributed by atoms with Crippen LogP contribution < -0.4 is 4.74 Å². The Kier molecular flexibility index (Phi) is 5.96. The lowest BCUT2D eigenvalue weighted by Crippen LogP contribution is -2.50. The average Bonchev–Trinajstić information content (AvgIpc) is 2.68. The predicted molar refractivity (Wildman–Crippen MR) is 102 cm³/mol. The monoisotopic (exact) mass is 368 g/mol. The number of hydrogen-bond acceptors (Lipinski definition) is 4. The summed E-state index contributed by atoms with van der Waals surface area (Å²) in [6, 6.07) is 14.1. The minimum atomic E-state index is 0.0122. The maximum absolute atomic E-state index is 12.6. The van der Waals surface area contributed by atoms with Gasteiger partial charge in [-0.2, -0.15) is 0 Å². The second kappa shape index (κ2) is 8.58. The van der Waals surface area contributed by atoms with E-state index in [2.05, 4.69) is 0 Å². The smallest absolute Gasteiger partial charge is 0.254 e. The topological polar surface area (TPSA) is 70.1 Å². The van der Waals surface area contributed by atoms with E-state index in [0.29, 0.717) is 31.9 Å². The van der Waals surface area contributed by atoms with Crippen LogP contribution in [-0.4, -0.2) is 59.5 Å². The van der Waals surface area contributed by atoms with E-state index >= 15 is 0 Å². The number of carbonyl (C=O) groups excluding carboxylic acids is 2. The Bertz CT molecular complexity index is 813. The number of aromatic hydroxyl groups is 1. The second-order valence-corrected chi connectivity index (χ2v) is 6.58. The third-order valence-corrected chi connectivity index (χ3v) is 4.70. The first-order valence-corrected chi connectivity index (χ1v) is 9.09. The molecule has 0 aromatic heterocycles. The molecule has 1 fully saturated rings. The molecular formula is C21H24N2O4. The summed E-state index contributed by atoms with van der Waals surface area (Å²) < 4.78 is 5.51. The van der Waals surface area contributed by atoms with Crippen molar-refractivity contribution in [2.24, 2.45) is 0 Å². The van der Waals surface area contributed by atoms with Crippen LogP contribution in [0.25, 0.3) is 0 Å². The van der Waals surface area contributed by atoms with Gasteiger partial charge in [0.1, 0.15) is 11.5 Å². The maximum atomic E-state index is 12.6. The molecule has 6 nitrogen and oxygen atoms in total. The van der Waals surface area contributed by atoms with E-state index in [1.54, 1.807) is 28.0 Å². The van der Waals surface area contributed by atoms with E-state index in [-0.39, 0.29) is 30.6 Å². The van der Waals surface area contributed by atoms with Crippen molar-refractivity contribution in [3.05, 3.63) is 59.7 Å². The van der Waals surface area contributed by atoms with Gasteiger partial charge in [-0.3, -0.25) is 9.59 Å². The highest BCUT2D eigenvalue weighted by molar-refractivity contribution is 5.95. The molecule has 27 heavy (non-hydrogen) atoms. The molecule has 0 atom stereocenters. The summed E-state index contributed by atoms with van der Waals surface area (Å²) in [5, 5.41) is 9.41. The van der Waals surface area contributed by atoms with Crippen LogP contribution in [0.4, 0.5) is 0 Å². The zero-order chi connectivity index (χ0) is 19.2. The summed E-state index contributed by atoms with van der Waals surface area (Å²) in [5.41, 5.74) is 1.68. The zero-order valence-electron chi connectivity index (χ0n) is 15.4. The van der Waals surface area contributed by atoms with Crippen LogP contribution in [-0.2, 0) is 4.79 Å². The van der Waals surface area contributed by atoms with Gasteiger partial charge in [0.25, 0.3) is 5.91 Å². The van der Waals surface area contributed by atoms with Crippen LogP contribution in [0.15, 0.2) is 48.5 Å². The molecule has 0 bridgehead atoms. The summed E-state index contributed by atoms with van der Waals surface area (Å²) in [6.45, 7) is 4.31. The molecule has 0 radical (unpaired) electrons. The molecule has 6 heteroatoms. The van der Waals surface area contributed by atoms with E-state index in [0.717, 1.165) is 11.1 Å². The minimum absolute atomic E-state index is 0.0122. The number of phenolic OH excluding ortho intramolecular Hbond substituents is 1. The molecule has 0 saturated carbocycles. The number of carbonyl (C=O) groups is 2. The molecule has 142 valence electrons. The summed E-state index contributed by atoms with van der Waals surface area (Å²) in [4.78, 5) is 28.6. The van der Waals surface area contributed by atoms with Gasteiger partial charge in [-0.05, 0) is 30.7 Å². The Morgan fingerprint density at radius 3 is 2.41 bits per heavy atom. The molecular weight excluding hydrogens is 344 g/mol. The lowest BCUT2D eigenvalue weighted by molar-refractivity contribution is -0.133. The highest BCUT2D eigenvalue weighted by Gasteiger charge is 2.25. The summed E-state index contributed by atoms with van der Waals surface area (Å²) in [6.07, 6.45) is 0.265. The summed E-state index contributed by atoms with van der Waals surface area (Å²) in [7, 11) is 0. The third-order valence-electron chi connectivity index (χ3n) is 4.70. The number of rotatable bonds is 5. The molecule has 1 heterocycles. The van der Waals surface area contributed by atoms with E-state index in [1.165, 1.54) is 6.07 Å². The van der Waals surface area contributed by atoms with Crippen molar-refractivity contribution >= 4 is 11.8 Å². The second-order valence-electron chi connectivity index (χ2n) is 6.58. The van der Waals surface area contributed by atoms with E-state index in [1.807, 2.05) is 31.2 Å². The first-order valence-electron chi connectivity index (χ1n) is 9.09. The molecule has 0 aliphatic carbocycles. The van der Waals surface area contributed by atoms with Gasteiger partial charge < -0.3 is 19.6 Å². The zero-order valence-corrected chi connectivity index (χ0v) is 15.4. The van der Waals surface area contributed by atoms with Gasteiger partial charge >= 0.3 is 0 Å². The normalized spacial score (nSPS) is 14.1. The largest absolute Gasteiger partial charge is 0.508 e. The van der Waals surface area contributed by atoms with Crippen LogP contribution in [0.3, 0.4) is 0 Å². The molecule has 3 rings (SSSR count). The molecule has 2 amide bonds. The van der Waals surface area contributed by atoms with Crippen LogP contribution in [0.5, 0.6) is 11.5 Å². The highest BCUT2D eigenvalue weighted by Crippen LogP contribution is 2.18. The fraction of sp³-hybridized carbons (Fsp3) is 0.333. The molecule has 0 unspecified atom stereocenters. The van der Waals surface area contributed by atoms with Gasteiger partial charge in [0.05, 0.1) is 13.0 Å². The Morgan fingerprint density at radius 2 is 1.70 bits per heavy atom. The van der Waals surface area contributed by atoms with Gasteiger partial charge in [-0.1, -0.05) is 24.3 Å². The molecule has 0 spiro atoms. The van der Waals surface area contributed by atoms with Gasteiger partial charge in [0, 0.05) is 37.8 Å². The number of benzene rings is 2. The number of amides is 2. The summed E-state index contributed by atoms with van der Waals surface area (Å²) in [5.74, 6) is 0.704. The summed E-state index contributed by atoms with van der Waals surface area (Å²) >= 11 is 0. The highest BCUT2D eigenvalue weighted by atomic mass is 16.5. The SMILES string of the molecule is Cc1ccccc1C(=O)N1CCN(C(=O)CCOc2cccc(O)c2)CC1.